The normalized spacial score (nSPS) is 16.3. The van der Waals surface area contributed by atoms with E-state index in [1.807, 2.05) is 54.6 Å². The van der Waals surface area contributed by atoms with Gasteiger partial charge in [0.1, 0.15) is 0 Å². The number of benzene rings is 3. The Kier molecular flexibility index (Phi) is 3.92. The second-order valence-corrected chi connectivity index (χ2v) is 7.14. The van der Waals surface area contributed by atoms with E-state index in [1.54, 1.807) is 4.90 Å². The minimum atomic E-state index is -0.0654. The zero-order valence-corrected chi connectivity index (χ0v) is 14.3. The van der Waals surface area contributed by atoms with Crippen LogP contribution in [0.5, 0.6) is 0 Å². The fraction of sp³-hybridized carbons (Fsp3) is 0. The van der Waals surface area contributed by atoms with E-state index in [4.69, 9.17) is 12.2 Å². The van der Waals surface area contributed by atoms with Crippen molar-refractivity contribution in [1.82, 2.24) is 0 Å². The largest absolute Gasteiger partial charge is 0.270 e. The quantitative estimate of drug-likeness (QED) is 0.467. The van der Waals surface area contributed by atoms with Crippen molar-refractivity contribution < 1.29 is 4.79 Å². The van der Waals surface area contributed by atoms with Crippen LogP contribution in [0.1, 0.15) is 5.56 Å². The third-order valence-electron chi connectivity index (χ3n) is 3.88. The number of fused-ring (bicyclic) bond motifs is 1. The molecule has 4 rings (SSSR count). The summed E-state index contributed by atoms with van der Waals surface area (Å²) >= 11 is 6.74. The molecule has 0 spiro atoms. The third-order valence-corrected chi connectivity index (χ3v) is 5.18. The van der Waals surface area contributed by atoms with E-state index in [1.165, 1.54) is 17.1 Å². The van der Waals surface area contributed by atoms with Gasteiger partial charge in [-0.1, -0.05) is 78.6 Å². The minimum absolute atomic E-state index is 0.0654. The molecule has 0 saturated carbocycles. The zero-order chi connectivity index (χ0) is 16.5. The molecule has 1 aliphatic rings. The van der Waals surface area contributed by atoms with Crippen LogP contribution in [-0.4, -0.2) is 10.2 Å². The standard InChI is InChI=1S/C20H13NOS2/c22-19-18(24-20(23)21(19)17-8-2-1-3-9-17)13-14-10-11-15-6-4-5-7-16(15)12-14/h1-13H/b18-13+. The summed E-state index contributed by atoms with van der Waals surface area (Å²) in [7, 11) is 0. The van der Waals surface area contributed by atoms with Crippen molar-refractivity contribution >= 4 is 56.7 Å². The van der Waals surface area contributed by atoms with E-state index in [0.717, 1.165) is 16.6 Å². The molecule has 1 aliphatic heterocycles. The lowest BCUT2D eigenvalue weighted by Gasteiger charge is -2.13. The Hall–Kier alpha value is -2.43. The van der Waals surface area contributed by atoms with Gasteiger partial charge in [-0.3, -0.25) is 9.69 Å². The molecule has 1 fully saturated rings. The molecule has 0 aliphatic carbocycles. The Labute approximate surface area is 149 Å². The van der Waals surface area contributed by atoms with Gasteiger partial charge < -0.3 is 0 Å². The van der Waals surface area contributed by atoms with E-state index in [-0.39, 0.29) is 5.91 Å². The number of thioether (sulfide) groups is 1. The van der Waals surface area contributed by atoms with Gasteiger partial charge in [-0.15, -0.1) is 0 Å². The van der Waals surface area contributed by atoms with Gasteiger partial charge in [0.2, 0.25) is 0 Å². The molecule has 3 aromatic rings. The molecule has 0 aromatic heterocycles. The zero-order valence-electron chi connectivity index (χ0n) is 12.7. The number of carbonyl (C=O) groups excluding carboxylic acids is 1. The lowest BCUT2D eigenvalue weighted by Crippen LogP contribution is -2.27. The summed E-state index contributed by atoms with van der Waals surface area (Å²) in [5.74, 6) is -0.0654. The average molecular weight is 347 g/mol. The van der Waals surface area contributed by atoms with Crippen molar-refractivity contribution in [3.8, 4) is 0 Å². The Morgan fingerprint density at radius 1 is 0.875 bits per heavy atom. The Balaban J connectivity index is 1.70. The van der Waals surface area contributed by atoms with Crippen LogP contribution in [0.25, 0.3) is 16.8 Å². The van der Waals surface area contributed by atoms with Gasteiger partial charge in [-0.25, -0.2) is 0 Å². The number of anilines is 1. The molecular formula is C20H13NOS2. The van der Waals surface area contributed by atoms with Crippen molar-refractivity contribution in [2.75, 3.05) is 4.90 Å². The fourth-order valence-corrected chi connectivity index (χ4v) is 4.02. The maximum Gasteiger partial charge on any atom is 0.270 e. The molecular weight excluding hydrogens is 334 g/mol. The molecule has 2 nitrogen and oxygen atoms in total. The summed E-state index contributed by atoms with van der Waals surface area (Å²) in [6.07, 6.45) is 1.91. The second kappa shape index (κ2) is 6.23. The molecule has 1 amide bonds. The first-order chi connectivity index (χ1) is 11.7. The van der Waals surface area contributed by atoms with Crippen LogP contribution < -0.4 is 4.90 Å². The molecule has 0 N–H and O–H groups in total. The molecule has 4 heteroatoms. The Morgan fingerprint density at radius 2 is 1.58 bits per heavy atom. The highest BCUT2D eigenvalue weighted by atomic mass is 32.2. The van der Waals surface area contributed by atoms with Crippen molar-refractivity contribution in [3.63, 3.8) is 0 Å². The van der Waals surface area contributed by atoms with Crippen LogP contribution in [0.2, 0.25) is 0 Å². The molecule has 0 unspecified atom stereocenters. The smallest absolute Gasteiger partial charge is 0.268 e. The molecule has 1 saturated heterocycles. The SMILES string of the molecule is O=C1/C(=C\c2ccc3ccccc3c2)SC(=S)N1c1ccccc1. The van der Waals surface area contributed by atoms with Gasteiger partial charge in [0, 0.05) is 0 Å². The lowest BCUT2D eigenvalue weighted by molar-refractivity contribution is -0.113. The van der Waals surface area contributed by atoms with E-state index >= 15 is 0 Å². The number of hydrogen-bond acceptors (Lipinski definition) is 3. The number of nitrogens with zero attached hydrogens (tertiary/aromatic N) is 1. The maximum absolute atomic E-state index is 12.7. The minimum Gasteiger partial charge on any atom is -0.268 e. The number of hydrogen-bond donors (Lipinski definition) is 0. The first-order valence-corrected chi connectivity index (χ1v) is 8.77. The molecule has 0 bridgehead atoms. The predicted molar refractivity (Wildman–Crippen MR) is 106 cm³/mol. The average Bonchev–Trinajstić information content (AvgIpc) is 2.89. The fourth-order valence-electron chi connectivity index (χ4n) is 2.72. The van der Waals surface area contributed by atoms with E-state index in [2.05, 4.69) is 24.3 Å². The molecule has 1 heterocycles. The third kappa shape index (κ3) is 2.75. The highest BCUT2D eigenvalue weighted by Gasteiger charge is 2.33. The van der Waals surface area contributed by atoms with Gasteiger partial charge in [0.05, 0.1) is 10.6 Å². The number of thiocarbonyl (C=S) groups is 1. The lowest BCUT2D eigenvalue weighted by atomic mass is 10.1. The van der Waals surface area contributed by atoms with Crippen molar-refractivity contribution in [2.45, 2.75) is 0 Å². The Morgan fingerprint density at radius 3 is 2.38 bits per heavy atom. The molecule has 0 radical (unpaired) electrons. The molecule has 116 valence electrons. The summed E-state index contributed by atoms with van der Waals surface area (Å²) in [6, 6.07) is 23.9. The topological polar surface area (TPSA) is 20.3 Å². The van der Waals surface area contributed by atoms with Crippen LogP contribution in [0.15, 0.2) is 77.7 Å². The molecule has 0 atom stereocenters. The van der Waals surface area contributed by atoms with E-state index in [0.29, 0.717) is 9.23 Å². The Bertz CT molecular complexity index is 979. The van der Waals surface area contributed by atoms with Crippen molar-refractivity contribution in [2.24, 2.45) is 0 Å². The van der Waals surface area contributed by atoms with Gasteiger partial charge in [0.25, 0.3) is 5.91 Å². The van der Waals surface area contributed by atoms with Crippen LogP contribution in [0, 0.1) is 0 Å². The van der Waals surface area contributed by atoms with Gasteiger partial charge >= 0.3 is 0 Å². The van der Waals surface area contributed by atoms with Crippen molar-refractivity contribution in [3.05, 3.63) is 83.3 Å². The molecule has 24 heavy (non-hydrogen) atoms. The number of amides is 1. The summed E-state index contributed by atoms with van der Waals surface area (Å²) in [5.41, 5.74) is 1.81. The van der Waals surface area contributed by atoms with Gasteiger partial charge in [0.15, 0.2) is 4.32 Å². The second-order valence-electron chi connectivity index (χ2n) is 5.46. The predicted octanol–water partition coefficient (Wildman–Crippen LogP) is 5.25. The number of carbonyl (C=O) groups is 1. The van der Waals surface area contributed by atoms with Gasteiger partial charge in [-0.05, 0) is 40.6 Å². The maximum atomic E-state index is 12.7. The summed E-state index contributed by atoms with van der Waals surface area (Å²) in [4.78, 5) is 15.0. The molecule has 3 aromatic carbocycles. The number of rotatable bonds is 2. The van der Waals surface area contributed by atoms with Gasteiger partial charge in [-0.2, -0.15) is 0 Å². The van der Waals surface area contributed by atoms with Crippen LogP contribution in [0.3, 0.4) is 0 Å². The van der Waals surface area contributed by atoms with E-state index < -0.39 is 0 Å². The first-order valence-electron chi connectivity index (χ1n) is 7.54. The monoisotopic (exact) mass is 347 g/mol. The van der Waals surface area contributed by atoms with Crippen LogP contribution in [0.4, 0.5) is 5.69 Å². The summed E-state index contributed by atoms with van der Waals surface area (Å²) in [5, 5.41) is 2.34. The summed E-state index contributed by atoms with van der Waals surface area (Å²) in [6.45, 7) is 0. The van der Waals surface area contributed by atoms with Crippen LogP contribution in [-0.2, 0) is 4.79 Å². The highest BCUT2D eigenvalue weighted by Crippen LogP contribution is 2.36. The number of para-hydroxylation sites is 1. The van der Waals surface area contributed by atoms with E-state index in [9.17, 15) is 4.79 Å². The van der Waals surface area contributed by atoms with Crippen molar-refractivity contribution in [1.29, 1.82) is 0 Å². The highest BCUT2D eigenvalue weighted by molar-refractivity contribution is 8.27. The summed E-state index contributed by atoms with van der Waals surface area (Å²) < 4.78 is 0.568. The first kappa shape index (κ1) is 15.1. The van der Waals surface area contributed by atoms with Crippen LogP contribution >= 0.6 is 24.0 Å².